The molecule has 6 nitrogen and oxygen atoms in total. The number of hydrogen-bond donors (Lipinski definition) is 3. The number of carboxylic acid groups (broad SMARTS) is 1. The summed E-state index contributed by atoms with van der Waals surface area (Å²) in [6, 6.07) is -1.19. The van der Waals surface area contributed by atoms with Gasteiger partial charge in [0.2, 0.25) is 11.8 Å². The van der Waals surface area contributed by atoms with Crippen molar-refractivity contribution in [2.24, 2.45) is 0 Å². The third kappa shape index (κ3) is 7.10. The van der Waals surface area contributed by atoms with E-state index in [1.54, 1.807) is 6.92 Å². The van der Waals surface area contributed by atoms with Gasteiger partial charge in [-0.05, 0) is 13.3 Å². The Labute approximate surface area is 100 Å². The van der Waals surface area contributed by atoms with Gasteiger partial charge in [-0.1, -0.05) is 6.08 Å². The third-order valence-corrected chi connectivity index (χ3v) is 1.97. The van der Waals surface area contributed by atoms with E-state index in [1.807, 2.05) is 0 Å². The maximum atomic E-state index is 11.7. The number of nitrogens with one attached hydrogen (secondary N) is 2. The Hall–Kier alpha value is -1.85. The van der Waals surface area contributed by atoms with Crippen molar-refractivity contribution in [3.63, 3.8) is 0 Å². The van der Waals surface area contributed by atoms with Crippen LogP contribution in [0.25, 0.3) is 0 Å². The maximum Gasteiger partial charge on any atom is 0.305 e. The molecule has 0 aliphatic rings. The molecule has 17 heavy (non-hydrogen) atoms. The summed E-state index contributed by atoms with van der Waals surface area (Å²) >= 11 is 0. The average molecular weight is 242 g/mol. The predicted molar refractivity (Wildman–Crippen MR) is 62.3 cm³/mol. The van der Waals surface area contributed by atoms with E-state index in [4.69, 9.17) is 5.11 Å². The van der Waals surface area contributed by atoms with E-state index in [0.29, 0.717) is 6.42 Å². The van der Waals surface area contributed by atoms with Crippen LogP contribution in [-0.4, -0.2) is 35.0 Å². The zero-order valence-electron chi connectivity index (χ0n) is 10.0. The molecule has 1 unspecified atom stereocenters. The van der Waals surface area contributed by atoms with Crippen molar-refractivity contribution in [3.8, 4) is 0 Å². The van der Waals surface area contributed by atoms with Crippen LogP contribution < -0.4 is 10.6 Å². The van der Waals surface area contributed by atoms with Crippen molar-refractivity contribution in [1.29, 1.82) is 0 Å². The quantitative estimate of drug-likeness (QED) is 0.549. The fraction of sp³-hybridized carbons (Fsp3) is 0.545. The fourth-order valence-corrected chi connectivity index (χ4v) is 1.30. The van der Waals surface area contributed by atoms with Crippen molar-refractivity contribution in [1.82, 2.24) is 10.6 Å². The number of carbonyl (C=O) groups is 3. The summed E-state index contributed by atoms with van der Waals surface area (Å²) in [5, 5.41) is 13.5. The first-order valence-electron chi connectivity index (χ1n) is 5.27. The number of amides is 2. The fourth-order valence-electron chi connectivity index (χ4n) is 1.30. The smallest absolute Gasteiger partial charge is 0.305 e. The number of carbonyl (C=O) groups excluding carboxylic acids is 2. The summed E-state index contributed by atoms with van der Waals surface area (Å²) in [7, 11) is 0. The van der Waals surface area contributed by atoms with Gasteiger partial charge in [-0.15, -0.1) is 6.58 Å². The minimum absolute atomic E-state index is 0.160. The lowest BCUT2D eigenvalue weighted by atomic mass is 10.1. The van der Waals surface area contributed by atoms with E-state index in [9.17, 15) is 14.4 Å². The van der Waals surface area contributed by atoms with Crippen LogP contribution in [0.15, 0.2) is 12.7 Å². The van der Waals surface area contributed by atoms with Gasteiger partial charge >= 0.3 is 5.97 Å². The van der Waals surface area contributed by atoms with Crippen LogP contribution in [0.3, 0.4) is 0 Å². The Bertz CT molecular complexity index is 315. The Balaban J connectivity index is 4.35. The predicted octanol–water partition coefficient (Wildman–Crippen LogP) is 0.0466. The molecular weight excluding hydrogens is 224 g/mol. The summed E-state index contributed by atoms with van der Waals surface area (Å²) < 4.78 is 0. The van der Waals surface area contributed by atoms with E-state index < -0.39 is 24.0 Å². The molecule has 0 aromatic heterocycles. The number of rotatable bonds is 7. The molecule has 0 aliphatic carbocycles. The molecule has 2 atom stereocenters. The second kappa shape index (κ2) is 7.43. The van der Waals surface area contributed by atoms with Crippen LogP contribution in [-0.2, 0) is 14.4 Å². The summed E-state index contributed by atoms with van der Waals surface area (Å²) in [6.45, 7) is 6.39. The maximum absolute atomic E-state index is 11.7. The molecular formula is C11H18N2O4. The van der Waals surface area contributed by atoms with Gasteiger partial charge in [-0.3, -0.25) is 14.4 Å². The first-order valence-corrected chi connectivity index (χ1v) is 5.27. The van der Waals surface area contributed by atoms with Gasteiger partial charge < -0.3 is 15.7 Å². The second-order valence-corrected chi connectivity index (χ2v) is 3.78. The van der Waals surface area contributed by atoms with E-state index in [-0.39, 0.29) is 12.3 Å². The van der Waals surface area contributed by atoms with E-state index >= 15 is 0 Å². The summed E-state index contributed by atoms with van der Waals surface area (Å²) in [4.78, 5) is 33.0. The van der Waals surface area contributed by atoms with E-state index in [2.05, 4.69) is 17.2 Å². The molecule has 0 saturated heterocycles. The Kier molecular flexibility index (Phi) is 6.62. The van der Waals surface area contributed by atoms with Crippen LogP contribution in [0.2, 0.25) is 0 Å². The van der Waals surface area contributed by atoms with Crippen LogP contribution in [0, 0.1) is 0 Å². The topological polar surface area (TPSA) is 95.5 Å². The van der Waals surface area contributed by atoms with E-state index in [0.717, 1.165) is 0 Å². The molecule has 3 N–H and O–H groups in total. The third-order valence-electron chi connectivity index (χ3n) is 1.97. The van der Waals surface area contributed by atoms with Crippen LogP contribution in [0.1, 0.15) is 26.7 Å². The van der Waals surface area contributed by atoms with Crippen molar-refractivity contribution < 1.29 is 19.5 Å². The highest BCUT2D eigenvalue weighted by Gasteiger charge is 2.20. The van der Waals surface area contributed by atoms with Gasteiger partial charge in [0.25, 0.3) is 0 Å². The van der Waals surface area contributed by atoms with Crippen molar-refractivity contribution >= 4 is 17.8 Å². The molecule has 6 heteroatoms. The molecule has 96 valence electrons. The molecule has 0 radical (unpaired) electrons. The summed E-state index contributed by atoms with van der Waals surface area (Å²) in [5.41, 5.74) is 0. The Morgan fingerprint density at radius 3 is 2.35 bits per heavy atom. The number of aliphatic carboxylic acids is 1. The van der Waals surface area contributed by atoms with Gasteiger partial charge in [0.05, 0.1) is 6.42 Å². The minimum atomic E-state index is -0.988. The van der Waals surface area contributed by atoms with E-state index in [1.165, 1.54) is 13.0 Å². The molecule has 0 aromatic carbocycles. The monoisotopic (exact) mass is 242 g/mol. The molecule has 0 spiro atoms. The molecule has 0 rings (SSSR count). The van der Waals surface area contributed by atoms with Crippen molar-refractivity contribution in [2.45, 2.75) is 38.8 Å². The van der Waals surface area contributed by atoms with Crippen LogP contribution in [0.5, 0.6) is 0 Å². The normalized spacial score (nSPS) is 13.3. The molecule has 0 bridgehead atoms. The molecule has 0 saturated carbocycles. The zero-order valence-corrected chi connectivity index (χ0v) is 10.0. The highest BCUT2D eigenvalue weighted by atomic mass is 16.4. The lowest BCUT2D eigenvalue weighted by Crippen LogP contribution is -2.48. The van der Waals surface area contributed by atoms with Gasteiger partial charge in [0.15, 0.2) is 0 Å². The minimum Gasteiger partial charge on any atom is -0.481 e. The second-order valence-electron chi connectivity index (χ2n) is 3.78. The lowest BCUT2D eigenvalue weighted by Gasteiger charge is -2.18. The highest BCUT2D eigenvalue weighted by Crippen LogP contribution is 1.97. The van der Waals surface area contributed by atoms with Crippen LogP contribution in [0.4, 0.5) is 0 Å². The zero-order chi connectivity index (χ0) is 13.4. The number of hydrogen-bond acceptors (Lipinski definition) is 3. The summed E-state index contributed by atoms with van der Waals surface area (Å²) in [5.74, 6) is -1.72. The first kappa shape index (κ1) is 15.2. The lowest BCUT2D eigenvalue weighted by molar-refractivity contribution is -0.137. The Morgan fingerprint density at radius 2 is 1.94 bits per heavy atom. The standard InChI is InChI=1S/C11H18N2O4/c1-4-5-9(13-8(3)14)11(17)12-7(2)6-10(15)16/h4,7,9H,1,5-6H2,2-3H3,(H,12,17)(H,13,14)(H,15,16)/t7-,9?/m0/s1. The van der Waals surface area contributed by atoms with Gasteiger partial charge in [0.1, 0.15) is 6.04 Å². The van der Waals surface area contributed by atoms with Crippen LogP contribution >= 0.6 is 0 Å². The molecule has 0 heterocycles. The average Bonchev–Trinajstić information content (AvgIpc) is 2.14. The van der Waals surface area contributed by atoms with Gasteiger partial charge in [-0.2, -0.15) is 0 Å². The van der Waals surface area contributed by atoms with Crippen molar-refractivity contribution in [3.05, 3.63) is 12.7 Å². The van der Waals surface area contributed by atoms with Gasteiger partial charge in [-0.25, -0.2) is 0 Å². The SMILES string of the molecule is C=CCC(NC(C)=O)C(=O)N[C@@H](C)CC(=O)O. The molecule has 0 fully saturated rings. The molecule has 2 amide bonds. The Morgan fingerprint density at radius 1 is 1.35 bits per heavy atom. The van der Waals surface area contributed by atoms with Crippen molar-refractivity contribution in [2.75, 3.05) is 0 Å². The first-order chi connectivity index (χ1) is 7.86. The van der Waals surface area contributed by atoms with Gasteiger partial charge in [0, 0.05) is 13.0 Å². The summed E-state index contributed by atoms with van der Waals surface area (Å²) in [6.07, 6.45) is 1.65. The molecule has 0 aliphatic heterocycles. The highest BCUT2D eigenvalue weighted by molar-refractivity contribution is 5.87. The largest absolute Gasteiger partial charge is 0.481 e. The molecule has 0 aromatic rings. The number of carboxylic acids is 1.